The van der Waals surface area contributed by atoms with E-state index < -0.39 is 0 Å². The van der Waals surface area contributed by atoms with Gasteiger partial charge in [0.1, 0.15) is 0 Å². The third kappa shape index (κ3) is 5.12. The number of piperidine rings is 3. The van der Waals surface area contributed by atoms with Gasteiger partial charge in [0.2, 0.25) is 0 Å². The second kappa shape index (κ2) is 9.22. The van der Waals surface area contributed by atoms with Gasteiger partial charge >= 0.3 is 6.03 Å². The van der Waals surface area contributed by atoms with Crippen LogP contribution in [-0.2, 0) is 0 Å². The molecule has 2 amide bonds. The fourth-order valence-electron chi connectivity index (χ4n) is 4.46. The van der Waals surface area contributed by atoms with Gasteiger partial charge in [0, 0.05) is 36.9 Å². The number of amides is 2. The van der Waals surface area contributed by atoms with Crippen LogP contribution < -0.4 is 10.6 Å². The molecule has 0 saturated carbocycles. The van der Waals surface area contributed by atoms with E-state index in [1.165, 1.54) is 13.3 Å². The van der Waals surface area contributed by atoms with Crippen LogP contribution >= 0.6 is 0 Å². The summed E-state index contributed by atoms with van der Waals surface area (Å²) in [5, 5.41) is 5.84. The molecule has 2 bridgehead atoms. The van der Waals surface area contributed by atoms with E-state index in [-0.39, 0.29) is 11.8 Å². The molecule has 4 atom stereocenters. The summed E-state index contributed by atoms with van der Waals surface area (Å²) in [5.74, 6) is 4.10. The van der Waals surface area contributed by atoms with Crippen molar-refractivity contribution in [1.29, 1.82) is 0 Å². The van der Waals surface area contributed by atoms with Crippen LogP contribution in [0.2, 0.25) is 0 Å². The molecule has 1 aromatic carbocycles. The highest BCUT2D eigenvalue weighted by Crippen LogP contribution is 2.36. The maximum atomic E-state index is 12.2. The predicted octanol–water partition coefficient (Wildman–Crippen LogP) is 2.29. The van der Waals surface area contributed by atoms with Gasteiger partial charge in [0.05, 0.1) is 6.54 Å². The molecule has 3 aliphatic rings. The fraction of sp³-hybridized carbons (Fsp3) is 0.545. The number of ketones is 1. The number of hydrogen-bond acceptors (Lipinski definition) is 4. The van der Waals surface area contributed by atoms with Crippen LogP contribution in [0, 0.1) is 24.2 Å². The Morgan fingerprint density at radius 3 is 2.68 bits per heavy atom. The molecule has 3 aliphatic heterocycles. The zero-order chi connectivity index (χ0) is 20.1. The lowest BCUT2D eigenvalue weighted by atomic mass is 9.75. The lowest BCUT2D eigenvalue weighted by Crippen LogP contribution is -2.58. The summed E-state index contributed by atoms with van der Waals surface area (Å²) in [6, 6.07) is 7.14. The van der Waals surface area contributed by atoms with Crippen molar-refractivity contribution in [1.82, 2.24) is 15.1 Å². The molecule has 0 aliphatic carbocycles. The molecule has 1 unspecified atom stereocenters. The maximum absolute atomic E-state index is 12.2. The van der Waals surface area contributed by atoms with Gasteiger partial charge in [-0.25, -0.2) is 4.79 Å². The minimum atomic E-state index is -0.205. The lowest BCUT2D eigenvalue weighted by molar-refractivity contribution is -0.00692. The van der Waals surface area contributed by atoms with Crippen LogP contribution in [0.5, 0.6) is 0 Å². The lowest BCUT2D eigenvalue weighted by Gasteiger charge is -2.50. The Balaban J connectivity index is 1.45. The van der Waals surface area contributed by atoms with Gasteiger partial charge in [0.25, 0.3) is 0 Å². The average molecular weight is 383 g/mol. The van der Waals surface area contributed by atoms with Crippen molar-refractivity contribution in [3.05, 3.63) is 29.8 Å². The van der Waals surface area contributed by atoms with Gasteiger partial charge in [-0.2, -0.15) is 0 Å². The van der Waals surface area contributed by atoms with Gasteiger partial charge in [0.15, 0.2) is 5.78 Å². The molecule has 6 heteroatoms. The second-order valence-corrected chi connectivity index (χ2v) is 8.06. The number of anilines is 1. The van der Waals surface area contributed by atoms with E-state index in [0.717, 1.165) is 26.1 Å². The van der Waals surface area contributed by atoms with Crippen molar-refractivity contribution >= 4 is 17.5 Å². The molecule has 1 aromatic rings. The Morgan fingerprint density at radius 2 is 2.07 bits per heavy atom. The first kappa shape index (κ1) is 20.4. The van der Waals surface area contributed by atoms with Crippen LogP contribution in [0.1, 0.15) is 30.1 Å². The van der Waals surface area contributed by atoms with Crippen molar-refractivity contribution in [2.24, 2.45) is 11.8 Å². The summed E-state index contributed by atoms with van der Waals surface area (Å²) in [6.07, 6.45) is 7.78. The standard InChI is InChI=1S/C22H30N4O2/c1-4-10-25(3)14-19-15-26-11-9-18(19)12-21(26)13-23-22(28)24-20-7-5-17(6-8-20)16(2)27/h1,5-8,18-19,21H,9-15H2,2-3H3,(H2,23,24,28)/t18-,19-,21+/m0/s1. The summed E-state index contributed by atoms with van der Waals surface area (Å²) >= 11 is 0. The topological polar surface area (TPSA) is 64.7 Å². The second-order valence-electron chi connectivity index (χ2n) is 8.06. The number of carbonyl (C=O) groups is 2. The van der Waals surface area contributed by atoms with Crippen LogP contribution in [0.25, 0.3) is 0 Å². The molecular weight excluding hydrogens is 352 g/mol. The normalized spacial score (nSPS) is 25.9. The van der Waals surface area contributed by atoms with E-state index in [0.29, 0.717) is 42.2 Å². The first-order chi connectivity index (χ1) is 13.5. The number of Topliss-reactive ketones (excluding diaryl/α,β-unsaturated/α-hetero) is 1. The molecule has 3 heterocycles. The highest BCUT2D eigenvalue weighted by atomic mass is 16.2. The van der Waals surface area contributed by atoms with Gasteiger partial charge < -0.3 is 10.6 Å². The number of fused-ring (bicyclic) bond motifs is 3. The molecule has 0 radical (unpaired) electrons. The van der Waals surface area contributed by atoms with E-state index in [2.05, 4.69) is 33.4 Å². The Labute approximate surface area is 167 Å². The molecule has 4 rings (SSSR count). The van der Waals surface area contributed by atoms with Crippen molar-refractivity contribution in [3.63, 3.8) is 0 Å². The molecule has 0 aromatic heterocycles. The van der Waals surface area contributed by atoms with E-state index in [4.69, 9.17) is 6.42 Å². The van der Waals surface area contributed by atoms with Crippen molar-refractivity contribution < 1.29 is 9.59 Å². The first-order valence-corrected chi connectivity index (χ1v) is 9.98. The molecular formula is C22H30N4O2. The van der Waals surface area contributed by atoms with Crippen LogP contribution in [0.15, 0.2) is 24.3 Å². The maximum Gasteiger partial charge on any atom is 0.319 e. The number of terminal acetylenes is 1. The Kier molecular flexibility index (Phi) is 6.71. The molecule has 0 spiro atoms. The number of carbonyl (C=O) groups excluding carboxylic acids is 2. The Hall–Kier alpha value is -2.36. The third-order valence-electron chi connectivity index (χ3n) is 5.97. The highest BCUT2D eigenvalue weighted by Gasteiger charge is 2.40. The predicted molar refractivity (Wildman–Crippen MR) is 111 cm³/mol. The highest BCUT2D eigenvalue weighted by molar-refractivity contribution is 5.95. The van der Waals surface area contributed by atoms with Crippen molar-refractivity contribution in [2.45, 2.75) is 25.8 Å². The number of benzene rings is 1. The third-order valence-corrected chi connectivity index (χ3v) is 5.97. The molecule has 3 fully saturated rings. The number of nitrogens with one attached hydrogen (secondary N) is 2. The minimum absolute atomic E-state index is 0.0150. The summed E-state index contributed by atoms with van der Waals surface area (Å²) in [4.78, 5) is 28.3. The first-order valence-electron chi connectivity index (χ1n) is 9.98. The number of urea groups is 1. The minimum Gasteiger partial charge on any atom is -0.336 e. The number of rotatable bonds is 7. The van der Waals surface area contributed by atoms with Crippen LogP contribution in [-0.4, -0.2) is 67.4 Å². The van der Waals surface area contributed by atoms with Crippen LogP contribution in [0.3, 0.4) is 0 Å². The number of hydrogen-bond donors (Lipinski definition) is 2. The number of nitrogens with zero attached hydrogens (tertiary/aromatic N) is 2. The van der Waals surface area contributed by atoms with Gasteiger partial charge in [-0.15, -0.1) is 6.42 Å². The van der Waals surface area contributed by atoms with Crippen LogP contribution in [0.4, 0.5) is 10.5 Å². The summed E-state index contributed by atoms with van der Waals surface area (Å²) < 4.78 is 0. The van der Waals surface area contributed by atoms with E-state index in [9.17, 15) is 9.59 Å². The molecule has 3 saturated heterocycles. The fourth-order valence-corrected chi connectivity index (χ4v) is 4.46. The van der Waals surface area contributed by atoms with Gasteiger partial charge in [-0.05, 0) is 69.5 Å². The largest absolute Gasteiger partial charge is 0.336 e. The van der Waals surface area contributed by atoms with E-state index in [1.54, 1.807) is 24.3 Å². The summed E-state index contributed by atoms with van der Waals surface area (Å²) in [7, 11) is 2.09. The quantitative estimate of drug-likeness (QED) is 0.561. The van der Waals surface area contributed by atoms with Crippen molar-refractivity contribution in [2.75, 3.05) is 45.1 Å². The Bertz CT molecular complexity index is 740. The zero-order valence-electron chi connectivity index (χ0n) is 16.8. The van der Waals surface area contributed by atoms with Gasteiger partial charge in [-0.3, -0.25) is 14.6 Å². The summed E-state index contributed by atoms with van der Waals surface area (Å²) in [6.45, 7) is 6.12. The molecule has 150 valence electrons. The smallest absolute Gasteiger partial charge is 0.319 e. The van der Waals surface area contributed by atoms with Crippen molar-refractivity contribution in [3.8, 4) is 12.3 Å². The monoisotopic (exact) mass is 382 g/mol. The molecule has 6 nitrogen and oxygen atoms in total. The summed E-state index contributed by atoms with van der Waals surface area (Å²) in [5.41, 5.74) is 1.32. The SMILES string of the molecule is C#CCN(C)C[C@H]1CN2CC[C@H]1C[C@@H]2CNC(=O)Nc1ccc(C(C)=O)cc1. The van der Waals surface area contributed by atoms with E-state index >= 15 is 0 Å². The Morgan fingerprint density at radius 1 is 1.32 bits per heavy atom. The average Bonchev–Trinajstić information content (AvgIpc) is 2.68. The molecule has 28 heavy (non-hydrogen) atoms. The zero-order valence-corrected chi connectivity index (χ0v) is 16.8. The molecule has 2 N–H and O–H groups in total. The van der Waals surface area contributed by atoms with Gasteiger partial charge in [-0.1, -0.05) is 5.92 Å². The van der Waals surface area contributed by atoms with E-state index in [1.807, 2.05) is 0 Å².